The van der Waals surface area contributed by atoms with Gasteiger partial charge >= 0.3 is 0 Å². The van der Waals surface area contributed by atoms with Crippen LogP contribution in [0.1, 0.15) is 18.4 Å². The predicted molar refractivity (Wildman–Crippen MR) is 74.4 cm³/mol. The van der Waals surface area contributed by atoms with Gasteiger partial charge in [0.1, 0.15) is 0 Å². The van der Waals surface area contributed by atoms with Crippen molar-refractivity contribution < 1.29 is 4.79 Å². The molecular weight excluding hydrogens is 224 g/mol. The van der Waals surface area contributed by atoms with Gasteiger partial charge in [0, 0.05) is 25.9 Å². The lowest BCUT2D eigenvalue weighted by atomic mass is 9.93. The predicted octanol–water partition coefficient (Wildman–Crippen LogP) is 2.02. The van der Waals surface area contributed by atoms with Gasteiger partial charge in [-0.25, -0.2) is 0 Å². The maximum absolute atomic E-state index is 11.0. The Bertz CT molecular complexity index is 546. The molecule has 94 valence electrons. The largest absolute Gasteiger partial charge is 0.356 e. The lowest BCUT2D eigenvalue weighted by Crippen LogP contribution is -2.29. The highest BCUT2D eigenvalue weighted by atomic mass is 16.1. The van der Waals surface area contributed by atoms with Gasteiger partial charge in [0.15, 0.2) is 0 Å². The molecule has 2 aromatic carbocycles. The lowest BCUT2D eigenvalue weighted by molar-refractivity contribution is -0.119. The maximum atomic E-state index is 11.0. The second-order valence-corrected chi connectivity index (χ2v) is 4.44. The number of amides is 1. The van der Waals surface area contributed by atoms with Gasteiger partial charge in [0.25, 0.3) is 0 Å². The van der Waals surface area contributed by atoms with Crippen LogP contribution in [-0.4, -0.2) is 19.0 Å². The minimum absolute atomic E-state index is 0.0197. The number of rotatable bonds is 4. The summed E-state index contributed by atoms with van der Waals surface area (Å²) in [6.45, 7) is 2.63. The van der Waals surface area contributed by atoms with E-state index < -0.39 is 0 Å². The zero-order chi connectivity index (χ0) is 13.0. The van der Waals surface area contributed by atoms with Crippen molar-refractivity contribution in [2.45, 2.75) is 12.8 Å². The molecule has 1 unspecified atom stereocenters. The third-order valence-corrected chi connectivity index (χ3v) is 3.15. The van der Waals surface area contributed by atoms with Gasteiger partial charge in [-0.15, -0.1) is 0 Å². The molecule has 3 heteroatoms. The van der Waals surface area contributed by atoms with E-state index in [1.807, 2.05) is 18.2 Å². The van der Waals surface area contributed by atoms with E-state index in [1.165, 1.54) is 23.3 Å². The van der Waals surface area contributed by atoms with E-state index in [0.29, 0.717) is 13.1 Å². The smallest absolute Gasteiger partial charge is 0.216 e. The first-order valence-electron chi connectivity index (χ1n) is 6.14. The number of fused-ring (bicyclic) bond motifs is 1. The Morgan fingerprint density at radius 3 is 2.67 bits per heavy atom. The number of hydrogen-bond donors (Lipinski definition) is 2. The second kappa shape index (κ2) is 5.65. The van der Waals surface area contributed by atoms with Crippen LogP contribution >= 0.6 is 0 Å². The van der Waals surface area contributed by atoms with Crippen LogP contribution < -0.4 is 11.1 Å². The zero-order valence-corrected chi connectivity index (χ0v) is 10.5. The van der Waals surface area contributed by atoms with Crippen molar-refractivity contribution in [1.29, 1.82) is 0 Å². The minimum Gasteiger partial charge on any atom is -0.356 e. The van der Waals surface area contributed by atoms with E-state index in [4.69, 9.17) is 5.73 Å². The number of carbonyl (C=O) groups excluding carboxylic acids is 1. The third-order valence-electron chi connectivity index (χ3n) is 3.15. The Labute approximate surface area is 107 Å². The van der Waals surface area contributed by atoms with E-state index in [1.54, 1.807) is 0 Å². The minimum atomic E-state index is -0.0197. The molecule has 2 aromatic rings. The Kier molecular flexibility index (Phi) is 3.95. The van der Waals surface area contributed by atoms with Gasteiger partial charge < -0.3 is 11.1 Å². The van der Waals surface area contributed by atoms with Crippen LogP contribution in [-0.2, 0) is 4.79 Å². The molecule has 0 aliphatic carbocycles. The molecule has 1 amide bonds. The second-order valence-electron chi connectivity index (χ2n) is 4.44. The molecular formula is C15H18N2O. The molecule has 0 bridgehead atoms. The average molecular weight is 242 g/mol. The highest BCUT2D eigenvalue weighted by Gasteiger charge is 2.12. The average Bonchev–Trinajstić information content (AvgIpc) is 2.39. The topological polar surface area (TPSA) is 55.1 Å². The van der Waals surface area contributed by atoms with Crippen molar-refractivity contribution in [1.82, 2.24) is 5.32 Å². The molecule has 0 radical (unpaired) electrons. The SMILES string of the molecule is CC(=O)NCC(CN)c1cccc2ccccc12. The molecule has 0 aliphatic rings. The molecule has 3 nitrogen and oxygen atoms in total. The van der Waals surface area contributed by atoms with Crippen LogP contribution in [0.15, 0.2) is 42.5 Å². The molecule has 0 saturated heterocycles. The van der Waals surface area contributed by atoms with Gasteiger partial charge in [-0.1, -0.05) is 42.5 Å². The Morgan fingerprint density at radius 1 is 1.22 bits per heavy atom. The molecule has 2 rings (SSSR count). The highest BCUT2D eigenvalue weighted by molar-refractivity contribution is 5.86. The van der Waals surface area contributed by atoms with Crippen molar-refractivity contribution in [2.24, 2.45) is 5.73 Å². The molecule has 0 heterocycles. The molecule has 0 aromatic heterocycles. The van der Waals surface area contributed by atoms with Crippen LogP contribution in [0.4, 0.5) is 0 Å². The van der Waals surface area contributed by atoms with Crippen LogP contribution in [0.5, 0.6) is 0 Å². The number of nitrogens with two attached hydrogens (primary N) is 1. The summed E-state index contributed by atoms with van der Waals surface area (Å²) in [5, 5.41) is 5.25. The monoisotopic (exact) mass is 242 g/mol. The van der Waals surface area contributed by atoms with Crippen LogP contribution in [0.25, 0.3) is 10.8 Å². The van der Waals surface area contributed by atoms with Gasteiger partial charge in [-0.2, -0.15) is 0 Å². The summed E-state index contributed by atoms with van der Waals surface area (Å²) in [6, 6.07) is 14.4. The van der Waals surface area contributed by atoms with E-state index in [2.05, 4.69) is 29.6 Å². The van der Waals surface area contributed by atoms with Crippen molar-refractivity contribution >= 4 is 16.7 Å². The lowest BCUT2D eigenvalue weighted by Gasteiger charge is -2.17. The number of carbonyl (C=O) groups is 1. The van der Waals surface area contributed by atoms with E-state index >= 15 is 0 Å². The van der Waals surface area contributed by atoms with Crippen molar-refractivity contribution in [3.05, 3.63) is 48.0 Å². The van der Waals surface area contributed by atoms with Crippen LogP contribution in [0, 0.1) is 0 Å². The third kappa shape index (κ3) is 2.68. The summed E-state index contributed by atoms with van der Waals surface area (Å²) < 4.78 is 0. The molecule has 0 fully saturated rings. The van der Waals surface area contributed by atoms with Crippen molar-refractivity contribution in [3.63, 3.8) is 0 Å². The van der Waals surface area contributed by atoms with Crippen molar-refractivity contribution in [3.8, 4) is 0 Å². The first-order chi connectivity index (χ1) is 8.72. The highest BCUT2D eigenvalue weighted by Crippen LogP contribution is 2.24. The van der Waals surface area contributed by atoms with Gasteiger partial charge in [0.2, 0.25) is 5.91 Å². The van der Waals surface area contributed by atoms with Gasteiger partial charge in [-0.3, -0.25) is 4.79 Å². The number of hydrogen-bond acceptors (Lipinski definition) is 2. The summed E-state index contributed by atoms with van der Waals surface area (Å²) in [7, 11) is 0. The summed E-state index contributed by atoms with van der Waals surface area (Å²) in [4.78, 5) is 11.0. The Hall–Kier alpha value is -1.87. The molecule has 3 N–H and O–H groups in total. The molecule has 0 aliphatic heterocycles. The first-order valence-corrected chi connectivity index (χ1v) is 6.14. The van der Waals surface area contributed by atoms with E-state index in [-0.39, 0.29) is 11.8 Å². The molecule has 18 heavy (non-hydrogen) atoms. The van der Waals surface area contributed by atoms with Gasteiger partial charge in [-0.05, 0) is 16.3 Å². The normalized spacial score (nSPS) is 12.3. The first kappa shape index (κ1) is 12.6. The van der Waals surface area contributed by atoms with Crippen molar-refractivity contribution in [2.75, 3.05) is 13.1 Å². The fourth-order valence-electron chi connectivity index (χ4n) is 2.19. The fraction of sp³-hybridized carbons (Fsp3) is 0.267. The summed E-state index contributed by atoms with van der Waals surface area (Å²) in [5.41, 5.74) is 7.03. The summed E-state index contributed by atoms with van der Waals surface area (Å²) in [5.74, 6) is 0.133. The number of nitrogens with one attached hydrogen (secondary N) is 1. The Balaban J connectivity index is 2.35. The Morgan fingerprint density at radius 2 is 1.94 bits per heavy atom. The van der Waals surface area contributed by atoms with E-state index in [0.717, 1.165) is 0 Å². The van der Waals surface area contributed by atoms with Gasteiger partial charge in [0.05, 0.1) is 0 Å². The maximum Gasteiger partial charge on any atom is 0.216 e. The standard InChI is InChI=1S/C15H18N2O/c1-11(18)17-10-13(9-16)15-8-4-6-12-5-2-3-7-14(12)15/h2-8,13H,9-10,16H2,1H3,(H,17,18). The molecule has 0 spiro atoms. The fourth-order valence-corrected chi connectivity index (χ4v) is 2.19. The van der Waals surface area contributed by atoms with Crippen LogP contribution in [0.3, 0.4) is 0 Å². The molecule has 0 saturated carbocycles. The van der Waals surface area contributed by atoms with Crippen LogP contribution in [0.2, 0.25) is 0 Å². The summed E-state index contributed by atoms with van der Waals surface area (Å²) >= 11 is 0. The number of benzene rings is 2. The molecule has 1 atom stereocenters. The van der Waals surface area contributed by atoms with E-state index in [9.17, 15) is 4.79 Å². The quantitative estimate of drug-likeness (QED) is 0.861. The zero-order valence-electron chi connectivity index (χ0n) is 10.5. The summed E-state index contributed by atoms with van der Waals surface area (Å²) in [6.07, 6.45) is 0.